The number of aliphatic hydroxyl groups excluding tert-OH is 1. The van der Waals surface area contributed by atoms with Crippen molar-refractivity contribution in [3.8, 4) is 0 Å². The molecule has 146 valence electrons. The van der Waals surface area contributed by atoms with Crippen LogP contribution in [0.3, 0.4) is 0 Å². The first-order valence-corrected chi connectivity index (χ1v) is 11.0. The van der Waals surface area contributed by atoms with Gasteiger partial charge in [-0.3, -0.25) is 9.59 Å². The second-order valence-electron chi connectivity index (χ2n) is 9.80. The zero-order chi connectivity index (χ0) is 18.9. The molecule has 4 fully saturated rings. The molecular weight excluding hydrogens is 396 g/mol. The fourth-order valence-corrected chi connectivity index (χ4v) is 8.34. The average Bonchev–Trinajstić information content (AvgIpc) is 2.86. The van der Waals surface area contributed by atoms with Gasteiger partial charge in [-0.25, -0.2) is 0 Å². The molecular formula is C21H31BrO4. The maximum Gasteiger partial charge on any atom is 0.302 e. The fourth-order valence-electron chi connectivity index (χ4n) is 7.30. The van der Waals surface area contributed by atoms with Crippen molar-refractivity contribution in [1.29, 1.82) is 0 Å². The lowest BCUT2D eigenvalue weighted by atomic mass is 9.44. The molecule has 4 aliphatic rings. The van der Waals surface area contributed by atoms with Crippen LogP contribution in [0.5, 0.6) is 0 Å². The molecule has 0 aliphatic heterocycles. The Bertz CT molecular complexity index is 636. The summed E-state index contributed by atoms with van der Waals surface area (Å²) in [4.78, 5) is 24.0. The van der Waals surface area contributed by atoms with Crippen molar-refractivity contribution in [2.24, 2.45) is 28.6 Å². The lowest BCUT2D eigenvalue weighted by Gasteiger charge is -2.65. The Kier molecular flexibility index (Phi) is 4.39. The van der Waals surface area contributed by atoms with E-state index in [-0.39, 0.29) is 22.9 Å². The molecule has 4 saturated carbocycles. The molecule has 2 unspecified atom stereocenters. The van der Waals surface area contributed by atoms with Gasteiger partial charge in [-0.05, 0) is 61.7 Å². The number of fused-ring (bicyclic) bond motifs is 5. The van der Waals surface area contributed by atoms with Gasteiger partial charge in [0, 0.05) is 25.2 Å². The lowest BCUT2D eigenvalue weighted by Crippen LogP contribution is -2.66. The molecule has 4 rings (SSSR count). The summed E-state index contributed by atoms with van der Waals surface area (Å²) in [5.74, 6) is 1.57. The summed E-state index contributed by atoms with van der Waals surface area (Å²) >= 11 is 3.98. The molecule has 0 heterocycles. The topological polar surface area (TPSA) is 63.6 Å². The summed E-state index contributed by atoms with van der Waals surface area (Å²) in [7, 11) is 0. The number of ketones is 1. The Morgan fingerprint density at radius 1 is 1.19 bits per heavy atom. The van der Waals surface area contributed by atoms with Crippen LogP contribution in [0, 0.1) is 28.6 Å². The Balaban J connectivity index is 1.65. The third-order valence-electron chi connectivity index (χ3n) is 8.78. The van der Waals surface area contributed by atoms with Crippen LogP contribution in [-0.4, -0.2) is 33.4 Å². The predicted molar refractivity (Wildman–Crippen MR) is 102 cm³/mol. The second-order valence-corrected chi connectivity index (χ2v) is 11.2. The lowest BCUT2D eigenvalue weighted by molar-refractivity contribution is -0.168. The Morgan fingerprint density at radius 2 is 1.92 bits per heavy atom. The number of hydrogen-bond acceptors (Lipinski definition) is 4. The summed E-state index contributed by atoms with van der Waals surface area (Å²) in [6, 6.07) is 0. The third-order valence-corrected chi connectivity index (χ3v) is 10.5. The van der Waals surface area contributed by atoms with Gasteiger partial charge in [-0.2, -0.15) is 0 Å². The summed E-state index contributed by atoms with van der Waals surface area (Å²) in [6.45, 7) is 5.96. The molecule has 0 bridgehead atoms. The monoisotopic (exact) mass is 426 g/mol. The van der Waals surface area contributed by atoms with Crippen molar-refractivity contribution in [3.63, 3.8) is 0 Å². The first kappa shape index (κ1) is 18.9. The summed E-state index contributed by atoms with van der Waals surface area (Å²) in [6.07, 6.45) is 6.42. The highest BCUT2D eigenvalue weighted by Gasteiger charge is 2.67. The van der Waals surface area contributed by atoms with Crippen LogP contribution in [0.25, 0.3) is 0 Å². The largest absolute Gasteiger partial charge is 0.463 e. The van der Waals surface area contributed by atoms with E-state index in [9.17, 15) is 14.7 Å². The third kappa shape index (κ3) is 2.41. The van der Waals surface area contributed by atoms with Gasteiger partial charge >= 0.3 is 5.97 Å². The van der Waals surface area contributed by atoms with E-state index in [1.54, 1.807) is 0 Å². The maximum atomic E-state index is 12.5. The Hall–Kier alpha value is -0.420. The van der Waals surface area contributed by atoms with Crippen LogP contribution in [0.4, 0.5) is 0 Å². The Labute approximate surface area is 164 Å². The minimum Gasteiger partial charge on any atom is -0.463 e. The zero-order valence-corrected chi connectivity index (χ0v) is 17.7. The van der Waals surface area contributed by atoms with Gasteiger partial charge in [0.2, 0.25) is 0 Å². The normalized spacial score (nSPS) is 53.4. The van der Waals surface area contributed by atoms with Gasteiger partial charge in [0.1, 0.15) is 11.9 Å². The molecule has 4 aliphatic carbocycles. The number of hydrogen-bond donors (Lipinski definition) is 1. The molecule has 0 aromatic rings. The standard InChI is InChI=1S/C21H31BrO4/c1-12(23)26-13-6-9-20(3)16-7-8-19(2)15(4-5-17(19)24)14(16)10-18(25)21(20,22)11-13/h13-16,18,25H,4-11H2,1-3H3/t13?,14-,15-,16-,18?,19-,20+,21-/m0/s1. The van der Waals surface area contributed by atoms with Crippen LogP contribution < -0.4 is 0 Å². The first-order valence-electron chi connectivity index (χ1n) is 10.2. The molecule has 0 spiro atoms. The number of esters is 1. The fraction of sp³-hybridized carbons (Fsp3) is 0.905. The van der Waals surface area contributed by atoms with Crippen molar-refractivity contribution in [3.05, 3.63) is 0 Å². The van der Waals surface area contributed by atoms with E-state index < -0.39 is 10.4 Å². The summed E-state index contributed by atoms with van der Waals surface area (Å²) in [5, 5.41) is 11.2. The first-order chi connectivity index (χ1) is 12.1. The Morgan fingerprint density at radius 3 is 2.62 bits per heavy atom. The molecule has 26 heavy (non-hydrogen) atoms. The predicted octanol–water partition coefficient (Wildman–Crippen LogP) is 4.02. The van der Waals surface area contributed by atoms with Crippen LogP contribution in [0.2, 0.25) is 0 Å². The minimum absolute atomic E-state index is 0.0288. The van der Waals surface area contributed by atoms with Gasteiger partial charge in [0.25, 0.3) is 0 Å². The van der Waals surface area contributed by atoms with Crippen LogP contribution in [-0.2, 0) is 14.3 Å². The van der Waals surface area contributed by atoms with Crippen molar-refractivity contribution >= 4 is 27.7 Å². The van der Waals surface area contributed by atoms with E-state index in [1.165, 1.54) is 6.92 Å². The molecule has 8 atom stereocenters. The molecule has 0 saturated heterocycles. The molecule has 0 aromatic heterocycles. The van der Waals surface area contributed by atoms with Gasteiger partial charge < -0.3 is 9.84 Å². The van der Waals surface area contributed by atoms with Crippen LogP contribution >= 0.6 is 15.9 Å². The van der Waals surface area contributed by atoms with Crippen molar-refractivity contribution in [2.45, 2.75) is 88.7 Å². The van der Waals surface area contributed by atoms with Gasteiger partial charge in [0.05, 0.1) is 10.4 Å². The molecule has 4 nitrogen and oxygen atoms in total. The molecule has 1 N–H and O–H groups in total. The highest BCUT2D eigenvalue weighted by atomic mass is 79.9. The van der Waals surface area contributed by atoms with E-state index in [1.807, 2.05) is 0 Å². The van der Waals surface area contributed by atoms with Crippen molar-refractivity contribution in [1.82, 2.24) is 0 Å². The number of alkyl halides is 1. The quantitative estimate of drug-likeness (QED) is 0.507. The molecule has 0 amide bonds. The van der Waals surface area contributed by atoms with E-state index in [2.05, 4.69) is 29.8 Å². The molecule has 0 radical (unpaired) electrons. The van der Waals surface area contributed by atoms with Gasteiger partial charge in [-0.1, -0.05) is 29.8 Å². The van der Waals surface area contributed by atoms with Crippen LogP contribution in [0.1, 0.15) is 72.1 Å². The van der Waals surface area contributed by atoms with Gasteiger partial charge in [-0.15, -0.1) is 0 Å². The molecule has 5 heteroatoms. The van der Waals surface area contributed by atoms with Gasteiger partial charge in [0.15, 0.2) is 0 Å². The highest BCUT2D eigenvalue weighted by Crippen LogP contribution is 2.68. The highest BCUT2D eigenvalue weighted by molar-refractivity contribution is 9.10. The summed E-state index contributed by atoms with van der Waals surface area (Å²) < 4.78 is 5.10. The van der Waals surface area contributed by atoms with E-state index in [0.717, 1.165) is 38.5 Å². The number of aliphatic hydroxyl groups is 1. The maximum absolute atomic E-state index is 12.5. The second kappa shape index (κ2) is 6.04. The SMILES string of the molecule is CC(=O)OC1CC[C@]2(C)[C@H]3CC[C@]4(C)C(=O)CC[C@H]4[C@@H]3CC(O)[C@@]2(Br)C1. The summed E-state index contributed by atoms with van der Waals surface area (Å²) in [5.41, 5.74) is -0.197. The van der Waals surface area contributed by atoms with E-state index in [4.69, 9.17) is 4.74 Å². The van der Waals surface area contributed by atoms with Crippen molar-refractivity contribution < 1.29 is 19.4 Å². The number of carbonyl (C=O) groups is 2. The van der Waals surface area contributed by atoms with E-state index >= 15 is 0 Å². The number of halogens is 1. The smallest absolute Gasteiger partial charge is 0.302 e. The van der Waals surface area contributed by atoms with Crippen molar-refractivity contribution in [2.75, 3.05) is 0 Å². The minimum atomic E-state index is -0.467. The zero-order valence-electron chi connectivity index (χ0n) is 16.1. The van der Waals surface area contributed by atoms with E-state index in [0.29, 0.717) is 36.4 Å². The number of carbonyl (C=O) groups excluding carboxylic acids is 2. The average molecular weight is 427 g/mol. The number of rotatable bonds is 1. The molecule has 0 aromatic carbocycles. The van der Waals surface area contributed by atoms with Crippen LogP contribution in [0.15, 0.2) is 0 Å². The number of Topliss-reactive ketones (excluding diaryl/α,β-unsaturated/α-hetero) is 1. The number of ether oxygens (including phenoxy) is 1.